The van der Waals surface area contributed by atoms with Gasteiger partial charge in [-0.25, -0.2) is 13.1 Å². The summed E-state index contributed by atoms with van der Waals surface area (Å²) in [6, 6.07) is 0. The first-order chi connectivity index (χ1) is 6.33. The smallest absolute Gasteiger partial charge is 0.316 e. The second-order valence-electron chi connectivity index (χ2n) is 3.16. The van der Waals surface area contributed by atoms with Crippen molar-refractivity contribution < 1.29 is 21.6 Å². The monoisotopic (exact) mass is 232 g/mol. The van der Waals surface area contributed by atoms with Gasteiger partial charge in [0.1, 0.15) is 0 Å². The largest absolute Gasteiger partial charge is 0.511 e. The molecule has 84 valence electrons. The third kappa shape index (κ3) is 2.82. The summed E-state index contributed by atoms with van der Waals surface area (Å²) in [5.74, 6) is -0.0490. The highest BCUT2D eigenvalue weighted by Gasteiger charge is 2.45. The van der Waals surface area contributed by atoms with Gasteiger partial charge in [-0.05, 0) is 25.4 Å². The number of halogens is 3. The Morgan fingerprint density at radius 1 is 1.43 bits per heavy atom. The first-order valence-electron chi connectivity index (χ1n) is 4.09. The van der Waals surface area contributed by atoms with Gasteiger partial charge in [0.05, 0.1) is 0 Å². The van der Waals surface area contributed by atoms with Gasteiger partial charge in [0.2, 0.25) is 0 Å². The lowest BCUT2D eigenvalue weighted by Crippen LogP contribution is -2.39. The van der Waals surface area contributed by atoms with Crippen LogP contribution in [0.5, 0.6) is 0 Å². The van der Waals surface area contributed by atoms with Crippen LogP contribution in [0.25, 0.3) is 0 Å². The van der Waals surface area contributed by atoms with Crippen LogP contribution in [-0.4, -0.2) is 33.6 Å². The van der Waals surface area contributed by atoms with Gasteiger partial charge in [-0.15, -0.1) is 0 Å². The van der Waals surface area contributed by atoms with Crippen LogP contribution in [0.3, 0.4) is 0 Å². The average molecular weight is 232 g/mol. The summed E-state index contributed by atoms with van der Waals surface area (Å²) in [5.41, 5.74) is -5.21. The van der Waals surface area contributed by atoms with Gasteiger partial charge < -0.3 is 5.32 Å². The lowest BCUT2D eigenvalue weighted by atomic mass is 10.1. The maximum atomic E-state index is 11.8. The Balaban J connectivity index is 2.44. The van der Waals surface area contributed by atoms with Gasteiger partial charge in [-0.3, -0.25) is 0 Å². The minimum Gasteiger partial charge on any atom is -0.316 e. The van der Waals surface area contributed by atoms with Crippen molar-refractivity contribution in [1.82, 2.24) is 10.0 Å². The van der Waals surface area contributed by atoms with Crippen LogP contribution in [0.15, 0.2) is 0 Å². The highest BCUT2D eigenvalue weighted by molar-refractivity contribution is 7.90. The van der Waals surface area contributed by atoms with Crippen molar-refractivity contribution >= 4 is 10.0 Å². The Hall–Kier alpha value is -0.340. The van der Waals surface area contributed by atoms with Gasteiger partial charge in [-0.2, -0.15) is 13.2 Å². The maximum Gasteiger partial charge on any atom is 0.511 e. The van der Waals surface area contributed by atoms with Gasteiger partial charge in [-0.1, -0.05) is 0 Å². The zero-order chi connectivity index (χ0) is 10.8. The minimum atomic E-state index is -5.21. The molecule has 14 heavy (non-hydrogen) atoms. The molecule has 4 nitrogen and oxygen atoms in total. The van der Waals surface area contributed by atoms with Crippen molar-refractivity contribution in [3.05, 3.63) is 0 Å². The standard InChI is InChI=1S/C6H11F3N2O2S/c7-6(8,9)14(12,13)11-4-5-1-2-10-3-5/h5,10-11H,1-4H2. The molecular formula is C6H11F3N2O2S. The number of hydrogen-bond acceptors (Lipinski definition) is 3. The fourth-order valence-corrected chi connectivity index (χ4v) is 1.82. The summed E-state index contributed by atoms with van der Waals surface area (Å²) in [6.07, 6.45) is 0.695. The van der Waals surface area contributed by atoms with E-state index in [0.29, 0.717) is 13.0 Å². The molecule has 0 bridgehead atoms. The number of sulfonamides is 1. The minimum absolute atomic E-state index is 0.0490. The van der Waals surface area contributed by atoms with E-state index in [2.05, 4.69) is 5.32 Å². The van der Waals surface area contributed by atoms with E-state index in [1.54, 1.807) is 4.72 Å². The van der Waals surface area contributed by atoms with E-state index in [0.717, 1.165) is 6.54 Å². The summed E-state index contributed by atoms with van der Waals surface area (Å²) in [6.45, 7) is 1.12. The molecular weight excluding hydrogens is 221 g/mol. The molecule has 0 aromatic heterocycles. The normalized spacial score (nSPS) is 24.1. The van der Waals surface area contributed by atoms with Crippen LogP contribution in [0.4, 0.5) is 13.2 Å². The van der Waals surface area contributed by atoms with Crippen LogP contribution >= 0.6 is 0 Å². The number of hydrogen-bond donors (Lipinski definition) is 2. The zero-order valence-corrected chi connectivity index (χ0v) is 8.08. The van der Waals surface area contributed by atoms with Gasteiger partial charge in [0, 0.05) is 6.54 Å². The molecule has 8 heteroatoms. The molecule has 1 atom stereocenters. The summed E-state index contributed by atoms with van der Waals surface area (Å²) >= 11 is 0. The van der Waals surface area contributed by atoms with Crippen LogP contribution < -0.4 is 10.0 Å². The Morgan fingerprint density at radius 2 is 2.07 bits per heavy atom. The van der Waals surface area contributed by atoms with E-state index in [9.17, 15) is 21.6 Å². The Labute approximate surface area is 79.9 Å². The molecule has 0 spiro atoms. The van der Waals surface area contributed by atoms with E-state index < -0.39 is 15.5 Å². The van der Waals surface area contributed by atoms with Crippen molar-refractivity contribution in [2.24, 2.45) is 5.92 Å². The van der Waals surface area contributed by atoms with Crippen LogP contribution in [-0.2, 0) is 10.0 Å². The average Bonchev–Trinajstić information content (AvgIpc) is 2.50. The second-order valence-corrected chi connectivity index (χ2v) is 4.91. The zero-order valence-electron chi connectivity index (χ0n) is 7.26. The van der Waals surface area contributed by atoms with Crippen molar-refractivity contribution in [3.63, 3.8) is 0 Å². The first kappa shape index (κ1) is 11.7. The molecule has 0 aliphatic carbocycles. The fraction of sp³-hybridized carbons (Fsp3) is 1.00. The molecule has 1 aliphatic heterocycles. The second kappa shape index (κ2) is 4.03. The molecule has 0 aromatic rings. The summed E-state index contributed by atoms with van der Waals surface area (Å²) in [5, 5.41) is 2.93. The molecule has 1 aliphatic rings. The van der Waals surface area contributed by atoms with Crippen LogP contribution in [0, 0.1) is 5.92 Å². The lowest BCUT2D eigenvalue weighted by molar-refractivity contribution is -0.0448. The Morgan fingerprint density at radius 3 is 2.50 bits per heavy atom. The molecule has 1 rings (SSSR count). The number of rotatable bonds is 3. The number of nitrogens with one attached hydrogen (secondary N) is 2. The van der Waals surface area contributed by atoms with E-state index in [-0.39, 0.29) is 12.5 Å². The van der Waals surface area contributed by atoms with Crippen LogP contribution in [0.2, 0.25) is 0 Å². The molecule has 1 unspecified atom stereocenters. The van der Waals surface area contributed by atoms with Gasteiger partial charge >= 0.3 is 15.5 Å². The van der Waals surface area contributed by atoms with E-state index in [1.165, 1.54) is 0 Å². The Kier molecular flexibility index (Phi) is 3.38. The third-order valence-corrected chi connectivity index (χ3v) is 3.19. The van der Waals surface area contributed by atoms with Crippen molar-refractivity contribution in [1.29, 1.82) is 0 Å². The van der Waals surface area contributed by atoms with Crippen molar-refractivity contribution in [2.75, 3.05) is 19.6 Å². The molecule has 2 N–H and O–H groups in total. The van der Waals surface area contributed by atoms with Crippen LogP contribution in [0.1, 0.15) is 6.42 Å². The van der Waals surface area contributed by atoms with Gasteiger partial charge in [0.25, 0.3) is 0 Å². The summed E-state index contributed by atoms with van der Waals surface area (Å²) in [4.78, 5) is 0. The summed E-state index contributed by atoms with van der Waals surface area (Å²) < 4.78 is 58.2. The molecule has 1 saturated heterocycles. The third-order valence-electron chi connectivity index (χ3n) is 2.03. The van der Waals surface area contributed by atoms with Crippen molar-refractivity contribution in [3.8, 4) is 0 Å². The lowest BCUT2D eigenvalue weighted by Gasteiger charge is -2.12. The highest BCUT2D eigenvalue weighted by Crippen LogP contribution is 2.21. The molecule has 1 fully saturated rings. The molecule has 0 aromatic carbocycles. The first-order valence-corrected chi connectivity index (χ1v) is 5.58. The summed E-state index contributed by atoms with van der Waals surface area (Å²) in [7, 11) is -5.16. The molecule has 0 saturated carbocycles. The van der Waals surface area contributed by atoms with E-state index in [4.69, 9.17) is 0 Å². The molecule has 1 heterocycles. The highest BCUT2D eigenvalue weighted by atomic mass is 32.2. The van der Waals surface area contributed by atoms with E-state index >= 15 is 0 Å². The predicted molar refractivity (Wildman–Crippen MR) is 44.0 cm³/mol. The fourth-order valence-electron chi connectivity index (χ4n) is 1.20. The Bertz CT molecular complexity index is 282. The predicted octanol–water partition coefficient (Wildman–Crippen LogP) is 0.0351. The van der Waals surface area contributed by atoms with E-state index in [1.807, 2.05) is 0 Å². The molecule has 0 amide bonds. The topological polar surface area (TPSA) is 58.2 Å². The quantitative estimate of drug-likeness (QED) is 0.722. The number of alkyl halides is 3. The molecule has 0 radical (unpaired) electrons. The van der Waals surface area contributed by atoms with Crippen molar-refractivity contribution in [2.45, 2.75) is 11.9 Å². The van der Waals surface area contributed by atoms with Gasteiger partial charge in [0.15, 0.2) is 0 Å². The SMILES string of the molecule is O=S(=O)(NCC1CCNC1)C(F)(F)F. The maximum absolute atomic E-state index is 11.8.